The lowest BCUT2D eigenvalue weighted by Gasteiger charge is -2.26. The van der Waals surface area contributed by atoms with Crippen molar-refractivity contribution >= 4 is 15.9 Å². The number of benzene rings is 1. The molecule has 0 bridgehead atoms. The smallest absolute Gasteiger partial charge is 0.237 e. The zero-order valence-corrected chi connectivity index (χ0v) is 13.3. The van der Waals surface area contributed by atoms with Crippen molar-refractivity contribution in [3.8, 4) is 0 Å². The largest absolute Gasteiger partial charge is 0.378 e. The van der Waals surface area contributed by atoms with Gasteiger partial charge in [0.25, 0.3) is 0 Å². The van der Waals surface area contributed by atoms with Crippen molar-refractivity contribution < 1.29 is 17.9 Å². The summed E-state index contributed by atoms with van der Waals surface area (Å²) in [6.07, 6.45) is 1.24. The van der Waals surface area contributed by atoms with Gasteiger partial charge in [-0.05, 0) is 18.4 Å². The Balaban J connectivity index is 1.70. The fourth-order valence-electron chi connectivity index (χ4n) is 2.28. The maximum Gasteiger partial charge on any atom is 0.237 e. The van der Waals surface area contributed by atoms with Gasteiger partial charge in [0.2, 0.25) is 15.9 Å². The van der Waals surface area contributed by atoms with E-state index in [0.29, 0.717) is 39.1 Å². The lowest BCUT2D eigenvalue weighted by molar-refractivity contribution is -0.133. The van der Waals surface area contributed by atoms with E-state index in [2.05, 4.69) is 4.72 Å². The fourth-order valence-corrected chi connectivity index (χ4v) is 3.29. The van der Waals surface area contributed by atoms with Crippen molar-refractivity contribution in [2.75, 3.05) is 38.6 Å². The van der Waals surface area contributed by atoms with Crippen LogP contribution in [-0.4, -0.2) is 57.8 Å². The van der Waals surface area contributed by atoms with Crippen molar-refractivity contribution in [3.05, 3.63) is 35.9 Å². The number of aryl methyl sites for hydroxylation is 1. The Bertz CT molecular complexity index is 568. The molecule has 1 aromatic rings. The van der Waals surface area contributed by atoms with Gasteiger partial charge in [-0.3, -0.25) is 4.79 Å². The highest BCUT2D eigenvalue weighted by atomic mass is 32.2. The number of rotatable bonds is 7. The molecule has 1 fully saturated rings. The molecule has 0 atom stereocenters. The Hall–Kier alpha value is -1.44. The molecule has 1 heterocycles. The van der Waals surface area contributed by atoms with Crippen LogP contribution >= 0.6 is 0 Å². The Labute approximate surface area is 131 Å². The molecule has 0 aromatic heterocycles. The Morgan fingerprint density at radius 3 is 2.55 bits per heavy atom. The van der Waals surface area contributed by atoms with Crippen LogP contribution in [0.5, 0.6) is 0 Å². The van der Waals surface area contributed by atoms with E-state index < -0.39 is 10.0 Å². The van der Waals surface area contributed by atoms with Crippen LogP contribution in [-0.2, 0) is 26.0 Å². The maximum absolute atomic E-state index is 11.9. The van der Waals surface area contributed by atoms with Gasteiger partial charge in [-0.15, -0.1) is 0 Å². The van der Waals surface area contributed by atoms with Crippen molar-refractivity contribution in [2.24, 2.45) is 0 Å². The Kier molecular flexibility index (Phi) is 6.35. The number of sulfonamides is 1. The third-order valence-electron chi connectivity index (χ3n) is 3.53. The molecular weight excluding hydrogens is 304 g/mol. The summed E-state index contributed by atoms with van der Waals surface area (Å²) in [5, 5.41) is 0. The first-order valence-electron chi connectivity index (χ1n) is 7.44. The van der Waals surface area contributed by atoms with Gasteiger partial charge in [-0.1, -0.05) is 30.3 Å². The van der Waals surface area contributed by atoms with E-state index in [1.165, 1.54) is 0 Å². The van der Waals surface area contributed by atoms with Gasteiger partial charge >= 0.3 is 0 Å². The van der Waals surface area contributed by atoms with Crippen LogP contribution < -0.4 is 4.72 Å². The van der Waals surface area contributed by atoms with Crippen LogP contribution in [0.25, 0.3) is 0 Å². The van der Waals surface area contributed by atoms with Crippen molar-refractivity contribution in [3.63, 3.8) is 0 Å². The van der Waals surface area contributed by atoms with E-state index in [4.69, 9.17) is 4.74 Å². The number of amides is 1. The Morgan fingerprint density at radius 1 is 1.18 bits per heavy atom. The molecule has 0 saturated carbocycles. The zero-order chi connectivity index (χ0) is 15.8. The van der Waals surface area contributed by atoms with E-state index in [1.54, 1.807) is 4.90 Å². The molecule has 0 unspecified atom stereocenters. The predicted molar refractivity (Wildman–Crippen MR) is 84.0 cm³/mol. The maximum atomic E-state index is 11.9. The summed E-state index contributed by atoms with van der Waals surface area (Å²) in [4.78, 5) is 13.5. The first kappa shape index (κ1) is 16.9. The monoisotopic (exact) mass is 326 g/mol. The quantitative estimate of drug-likeness (QED) is 0.787. The number of carbonyl (C=O) groups excluding carboxylic acids is 1. The van der Waals surface area contributed by atoms with Gasteiger partial charge in [-0.25, -0.2) is 13.1 Å². The summed E-state index contributed by atoms with van der Waals surface area (Å²) >= 11 is 0. The van der Waals surface area contributed by atoms with Gasteiger partial charge in [0.15, 0.2) is 0 Å². The normalized spacial score (nSPS) is 15.7. The zero-order valence-electron chi connectivity index (χ0n) is 12.5. The number of carbonyl (C=O) groups is 1. The van der Waals surface area contributed by atoms with E-state index >= 15 is 0 Å². The summed E-state index contributed by atoms with van der Waals surface area (Å²) in [5.41, 5.74) is 1.11. The van der Waals surface area contributed by atoms with Crippen LogP contribution in [0.2, 0.25) is 0 Å². The summed E-state index contributed by atoms with van der Waals surface area (Å²) in [6.45, 7) is 1.89. The average molecular weight is 326 g/mol. The van der Waals surface area contributed by atoms with Crippen LogP contribution in [0.15, 0.2) is 30.3 Å². The first-order chi connectivity index (χ1) is 10.6. The van der Waals surface area contributed by atoms with Gasteiger partial charge in [-0.2, -0.15) is 0 Å². The van der Waals surface area contributed by atoms with Crippen molar-refractivity contribution in [2.45, 2.75) is 12.8 Å². The second kappa shape index (κ2) is 8.26. The fraction of sp³-hybridized carbons (Fsp3) is 0.533. The predicted octanol–water partition coefficient (Wildman–Crippen LogP) is 0.397. The van der Waals surface area contributed by atoms with Crippen molar-refractivity contribution in [1.29, 1.82) is 0 Å². The standard InChI is InChI=1S/C15H22N2O4S/c18-15(17-8-10-21-11-9-17)13-16-22(19,20)12-4-7-14-5-2-1-3-6-14/h1-3,5-6,16H,4,7-13H2. The second-order valence-electron chi connectivity index (χ2n) is 5.22. The molecule has 122 valence electrons. The van der Waals surface area contributed by atoms with Gasteiger partial charge < -0.3 is 9.64 Å². The molecule has 1 saturated heterocycles. The molecule has 22 heavy (non-hydrogen) atoms. The molecule has 0 aliphatic carbocycles. The van der Waals surface area contributed by atoms with E-state index in [0.717, 1.165) is 5.56 Å². The SMILES string of the molecule is O=C(CNS(=O)(=O)CCCc1ccccc1)N1CCOCC1. The van der Waals surface area contributed by atoms with E-state index in [9.17, 15) is 13.2 Å². The third kappa shape index (κ3) is 5.75. The highest BCUT2D eigenvalue weighted by Crippen LogP contribution is 2.04. The van der Waals surface area contributed by atoms with E-state index in [1.807, 2.05) is 30.3 Å². The minimum Gasteiger partial charge on any atom is -0.378 e. The van der Waals surface area contributed by atoms with Gasteiger partial charge in [0.05, 0.1) is 25.5 Å². The number of nitrogens with zero attached hydrogens (tertiary/aromatic N) is 1. The minimum atomic E-state index is -3.41. The molecule has 1 amide bonds. The molecule has 1 N–H and O–H groups in total. The molecule has 0 spiro atoms. The summed E-state index contributed by atoms with van der Waals surface area (Å²) in [7, 11) is -3.41. The summed E-state index contributed by atoms with van der Waals surface area (Å²) in [5.74, 6) is -0.173. The molecule has 2 rings (SSSR count). The average Bonchev–Trinajstić information content (AvgIpc) is 2.54. The summed E-state index contributed by atoms with van der Waals surface area (Å²) < 4.78 is 31.3. The van der Waals surface area contributed by atoms with Crippen molar-refractivity contribution in [1.82, 2.24) is 9.62 Å². The van der Waals surface area contributed by atoms with Crippen LogP contribution in [0.3, 0.4) is 0 Å². The molecule has 1 aliphatic rings. The lowest BCUT2D eigenvalue weighted by atomic mass is 10.1. The number of hydrogen-bond donors (Lipinski definition) is 1. The lowest BCUT2D eigenvalue weighted by Crippen LogP contribution is -2.45. The first-order valence-corrected chi connectivity index (χ1v) is 9.09. The topological polar surface area (TPSA) is 75.7 Å². The minimum absolute atomic E-state index is 0.0261. The highest BCUT2D eigenvalue weighted by molar-refractivity contribution is 7.89. The molecular formula is C15H22N2O4S. The molecule has 1 aromatic carbocycles. The molecule has 0 radical (unpaired) electrons. The summed E-state index contributed by atoms with van der Waals surface area (Å²) in [6, 6.07) is 9.75. The van der Waals surface area contributed by atoms with Crippen LogP contribution in [0.1, 0.15) is 12.0 Å². The Morgan fingerprint density at radius 2 is 1.86 bits per heavy atom. The number of morpholine rings is 1. The number of ether oxygens (including phenoxy) is 1. The van der Waals surface area contributed by atoms with Gasteiger partial charge in [0, 0.05) is 13.1 Å². The molecule has 1 aliphatic heterocycles. The number of nitrogens with one attached hydrogen (secondary N) is 1. The van der Waals surface area contributed by atoms with Crippen LogP contribution in [0, 0.1) is 0 Å². The molecule has 6 nitrogen and oxygen atoms in total. The second-order valence-corrected chi connectivity index (χ2v) is 7.15. The molecule has 7 heteroatoms. The number of hydrogen-bond acceptors (Lipinski definition) is 4. The third-order valence-corrected chi connectivity index (χ3v) is 4.94. The van der Waals surface area contributed by atoms with Crippen LogP contribution in [0.4, 0.5) is 0 Å². The van der Waals surface area contributed by atoms with E-state index in [-0.39, 0.29) is 18.2 Å². The highest BCUT2D eigenvalue weighted by Gasteiger charge is 2.19. The van der Waals surface area contributed by atoms with Gasteiger partial charge in [0.1, 0.15) is 0 Å².